The second-order valence-electron chi connectivity index (χ2n) is 2.47. The van der Waals surface area contributed by atoms with Crippen LogP contribution in [-0.4, -0.2) is 8.42 Å². The zero-order valence-corrected chi connectivity index (χ0v) is 11.8. The maximum atomic E-state index is 11.1. The van der Waals surface area contributed by atoms with Crippen molar-refractivity contribution >= 4 is 58.3 Å². The second kappa shape index (κ2) is 4.04. The van der Waals surface area contributed by atoms with Crippen LogP contribution >= 0.6 is 49.2 Å². The minimum atomic E-state index is -3.63. The van der Waals surface area contributed by atoms with Crippen molar-refractivity contribution in [2.24, 2.45) is 0 Å². The third-order valence-electron chi connectivity index (χ3n) is 1.48. The molecular formula is C7H5BrClIO2S. The molecule has 6 heteroatoms. The van der Waals surface area contributed by atoms with Gasteiger partial charge in [-0.1, -0.05) is 0 Å². The van der Waals surface area contributed by atoms with Crippen molar-refractivity contribution in [1.29, 1.82) is 0 Å². The van der Waals surface area contributed by atoms with Crippen molar-refractivity contribution in [3.63, 3.8) is 0 Å². The molecule has 0 saturated heterocycles. The van der Waals surface area contributed by atoms with Crippen LogP contribution in [0.1, 0.15) is 5.56 Å². The maximum absolute atomic E-state index is 11.1. The summed E-state index contributed by atoms with van der Waals surface area (Å²) in [5.74, 6) is 0. The highest BCUT2D eigenvalue weighted by Crippen LogP contribution is 2.27. The zero-order chi connectivity index (χ0) is 10.2. The van der Waals surface area contributed by atoms with Gasteiger partial charge >= 0.3 is 0 Å². The Bertz CT molecular complexity index is 444. The van der Waals surface area contributed by atoms with E-state index in [0.29, 0.717) is 5.56 Å². The van der Waals surface area contributed by atoms with Crippen molar-refractivity contribution < 1.29 is 8.42 Å². The molecule has 0 heterocycles. The Morgan fingerprint density at radius 3 is 2.46 bits per heavy atom. The molecule has 13 heavy (non-hydrogen) atoms. The van der Waals surface area contributed by atoms with Crippen LogP contribution in [0, 0.1) is 10.5 Å². The molecule has 1 rings (SSSR count). The van der Waals surface area contributed by atoms with E-state index in [0.717, 1.165) is 8.04 Å². The summed E-state index contributed by atoms with van der Waals surface area (Å²) < 4.78 is 23.8. The Morgan fingerprint density at radius 1 is 1.46 bits per heavy atom. The Morgan fingerprint density at radius 2 is 2.00 bits per heavy atom. The first kappa shape index (κ1) is 11.7. The molecule has 0 radical (unpaired) electrons. The minimum Gasteiger partial charge on any atom is -0.207 e. The first-order valence-electron chi connectivity index (χ1n) is 3.22. The third kappa shape index (κ3) is 2.81. The van der Waals surface area contributed by atoms with E-state index in [1.807, 2.05) is 22.6 Å². The molecule has 0 unspecified atom stereocenters. The Balaban J connectivity index is 3.50. The summed E-state index contributed by atoms with van der Waals surface area (Å²) in [6, 6.07) is 3.28. The molecule has 0 aliphatic heterocycles. The van der Waals surface area contributed by atoms with Gasteiger partial charge in [0.2, 0.25) is 0 Å². The molecule has 0 spiro atoms. The van der Waals surface area contributed by atoms with Crippen LogP contribution in [0.5, 0.6) is 0 Å². The van der Waals surface area contributed by atoms with Gasteiger partial charge in [0.25, 0.3) is 9.05 Å². The summed E-state index contributed by atoms with van der Waals surface area (Å²) in [7, 11) is 1.62. The lowest BCUT2D eigenvalue weighted by Crippen LogP contribution is -1.95. The van der Waals surface area contributed by atoms with Crippen molar-refractivity contribution in [1.82, 2.24) is 0 Å². The molecular weight excluding hydrogens is 390 g/mol. The fraction of sp³-hybridized carbons (Fsp3) is 0.143. The summed E-state index contributed by atoms with van der Waals surface area (Å²) in [5.41, 5.74) is 0.641. The van der Waals surface area contributed by atoms with Gasteiger partial charge in [-0.3, -0.25) is 0 Å². The van der Waals surface area contributed by atoms with E-state index in [4.69, 9.17) is 10.7 Å². The third-order valence-corrected chi connectivity index (χ3v) is 5.23. The number of benzene rings is 1. The molecule has 1 aromatic rings. The van der Waals surface area contributed by atoms with E-state index < -0.39 is 9.05 Å². The molecule has 1 aromatic carbocycles. The lowest BCUT2D eigenvalue weighted by molar-refractivity contribution is 0.609. The standard InChI is InChI=1S/C7H5BrClIO2S/c1-4-2-5(8)6(10)3-7(4)13(9,11)12/h2-3H,1H3. The quantitative estimate of drug-likeness (QED) is 0.540. The highest BCUT2D eigenvalue weighted by atomic mass is 127. The largest absolute Gasteiger partial charge is 0.261 e. The van der Waals surface area contributed by atoms with Gasteiger partial charge in [0.1, 0.15) is 0 Å². The molecule has 0 fully saturated rings. The van der Waals surface area contributed by atoms with Crippen molar-refractivity contribution in [2.75, 3.05) is 0 Å². The van der Waals surface area contributed by atoms with E-state index in [1.165, 1.54) is 0 Å². The predicted molar refractivity (Wildman–Crippen MR) is 64.6 cm³/mol. The summed E-state index contributed by atoms with van der Waals surface area (Å²) in [4.78, 5) is 0.168. The Kier molecular flexibility index (Phi) is 3.65. The SMILES string of the molecule is Cc1cc(Br)c(I)cc1S(=O)(=O)Cl. The molecule has 0 aromatic heterocycles. The number of aryl methyl sites for hydroxylation is 1. The normalized spacial score (nSPS) is 11.7. The van der Waals surface area contributed by atoms with E-state index >= 15 is 0 Å². The number of rotatable bonds is 1. The lowest BCUT2D eigenvalue weighted by Gasteiger charge is -2.04. The highest BCUT2D eigenvalue weighted by Gasteiger charge is 2.14. The molecule has 0 aliphatic carbocycles. The molecule has 0 bridgehead atoms. The zero-order valence-electron chi connectivity index (χ0n) is 6.51. The van der Waals surface area contributed by atoms with Crippen molar-refractivity contribution in [3.05, 3.63) is 25.7 Å². The maximum Gasteiger partial charge on any atom is 0.261 e. The topological polar surface area (TPSA) is 34.1 Å². The molecule has 72 valence electrons. The van der Waals surface area contributed by atoms with Crippen molar-refractivity contribution in [3.8, 4) is 0 Å². The average Bonchev–Trinajstić information content (AvgIpc) is 1.94. The molecule has 0 atom stereocenters. The minimum absolute atomic E-state index is 0.168. The van der Waals surface area contributed by atoms with E-state index in [1.54, 1.807) is 19.1 Å². The fourth-order valence-corrected chi connectivity index (χ4v) is 3.23. The van der Waals surface area contributed by atoms with Gasteiger partial charge < -0.3 is 0 Å². The average molecular weight is 395 g/mol. The second-order valence-corrected chi connectivity index (χ2v) is 7.02. The number of hydrogen-bond acceptors (Lipinski definition) is 2. The summed E-state index contributed by atoms with van der Waals surface area (Å²) in [6.45, 7) is 1.70. The van der Waals surface area contributed by atoms with Crippen LogP contribution in [0.2, 0.25) is 0 Å². The van der Waals surface area contributed by atoms with E-state index in [2.05, 4.69) is 15.9 Å². The molecule has 0 saturated carbocycles. The fourth-order valence-electron chi connectivity index (χ4n) is 0.891. The monoisotopic (exact) mass is 394 g/mol. The summed E-state index contributed by atoms with van der Waals surface area (Å²) in [6.07, 6.45) is 0. The summed E-state index contributed by atoms with van der Waals surface area (Å²) >= 11 is 5.34. The van der Waals surface area contributed by atoms with Gasteiger partial charge in [0.15, 0.2) is 0 Å². The lowest BCUT2D eigenvalue weighted by atomic mass is 10.2. The number of hydrogen-bond donors (Lipinski definition) is 0. The molecule has 0 aliphatic rings. The first-order chi connectivity index (χ1) is 5.82. The first-order valence-corrected chi connectivity index (χ1v) is 7.41. The van der Waals surface area contributed by atoms with Crippen LogP contribution in [0.4, 0.5) is 0 Å². The van der Waals surface area contributed by atoms with E-state index in [9.17, 15) is 8.42 Å². The highest BCUT2D eigenvalue weighted by molar-refractivity contribution is 14.1. The van der Waals surface area contributed by atoms with Gasteiger partial charge in [-0.05, 0) is 63.1 Å². The van der Waals surface area contributed by atoms with Crippen LogP contribution in [0.3, 0.4) is 0 Å². The molecule has 0 amide bonds. The Hall–Kier alpha value is 0.670. The van der Waals surface area contributed by atoms with Crippen LogP contribution in [0.15, 0.2) is 21.5 Å². The van der Waals surface area contributed by atoms with Crippen LogP contribution < -0.4 is 0 Å². The number of halogens is 3. The van der Waals surface area contributed by atoms with Gasteiger partial charge in [0.05, 0.1) is 4.90 Å². The smallest absolute Gasteiger partial charge is 0.207 e. The van der Waals surface area contributed by atoms with E-state index in [-0.39, 0.29) is 4.90 Å². The molecule has 0 N–H and O–H groups in total. The predicted octanol–water partition coefficient (Wildman–Crippen LogP) is 3.29. The van der Waals surface area contributed by atoms with Crippen molar-refractivity contribution in [2.45, 2.75) is 11.8 Å². The summed E-state index contributed by atoms with van der Waals surface area (Å²) in [5, 5.41) is 0. The van der Waals surface area contributed by atoms with Crippen LogP contribution in [-0.2, 0) is 9.05 Å². The molecule has 2 nitrogen and oxygen atoms in total. The van der Waals surface area contributed by atoms with Gasteiger partial charge in [-0.2, -0.15) is 0 Å². The Labute approximate surface area is 103 Å². The van der Waals surface area contributed by atoms with Gasteiger partial charge in [0, 0.05) is 18.7 Å². The van der Waals surface area contributed by atoms with Crippen LogP contribution in [0.25, 0.3) is 0 Å². The van der Waals surface area contributed by atoms with Gasteiger partial charge in [-0.25, -0.2) is 8.42 Å². The van der Waals surface area contributed by atoms with Gasteiger partial charge in [-0.15, -0.1) is 0 Å².